The molecule has 0 amide bonds. The van der Waals surface area contributed by atoms with Crippen LogP contribution in [0.3, 0.4) is 0 Å². The van der Waals surface area contributed by atoms with Crippen LogP contribution in [-0.4, -0.2) is 64.4 Å². The number of phosphoric ester groups is 1. The summed E-state index contributed by atoms with van der Waals surface area (Å²) in [5.74, 6) is 0.142. The number of nitrogen functional groups attached to an aromatic ring is 1. The minimum atomic E-state index is -4.72. The van der Waals surface area contributed by atoms with Crippen LogP contribution in [0.4, 0.5) is 5.82 Å². The molecule has 1 aliphatic rings. The van der Waals surface area contributed by atoms with Crippen LogP contribution in [0.2, 0.25) is 0 Å². The molecule has 0 aromatic carbocycles. The van der Waals surface area contributed by atoms with Crippen LogP contribution in [-0.2, 0) is 13.8 Å². The number of imidazole rings is 1. The van der Waals surface area contributed by atoms with Gasteiger partial charge in [-0.1, -0.05) is 0 Å². The van der Waals surface area contributed by atoms with Gasteiger partial charge in [0.05, 0.1) is 12.9 Å². The smallest absolute Gasteiger partial charge is 0.387 e. The van der Waals surface area contributed by atoms with E-state index in [2.05, 4.69) is 19.5 Å². The Kier molecular flexibility index (Phi) is 4.06. The summed E-state index contributed by atoms with van der Waals surface area (Å²) in [4.78, 5) is 29.2. The highest BCUT2D eigenvalue weighted by Crippen LogP contribution is 2.38. The molecule has 1 fully saturated rings. The first-order valence-corrected chi connectivity index (χ1v) is 7.95. The molecule has 3 rings (SSSR count). The first kappa shape index (κ1) is 16.2. The van der Waals surface area contributed by atoms with E-state index in [4.69, 9.17) is 20.3 Å². The highest BCUT2D eigenvalue weighted by atomic mass is 31.2. The van der Waals surface area contributed by atoms with Gasteiger partial charge < -0.3 is 30.5 Å². The van der Waals surface area contributed by atoms with Gasteiger partial charge in [-0.05, 0) is 0 Å². The molecule has 2 aromatic heterocycles. The number of phosphoric acid groups is 1. The second-order valence-electron chi connectivity index (χ2n) is 4.92. The molecule has 0 bridgehead atoms. The number of hydrogen-bond acceptors (Lipinski definition) is 9. The van der Waals surface area contributed by atoms with Crippen LogP contribution >= 0.6 is 7.82 Å². The minimum Gasteiger partial charge on any atom is -0.387 e. The maximum Gasteiger partial charge on any atom is 0.469 e. The van der Waals surface area contributed by atoms with Crippen molar-refractivity contribution in [2.24, 2.45) is 0 Å². The van der Waals surface area contributed by atoms with Crippen LogP contribution in [0.5, 0.6) is 0 Å². The molecule has 0 unspecified atom stereocenters. The van der Waals surface area contributed by atoms with Crippen molar-refractivity contribution in [3.05, 3.63) is 12.7 Å². The number of hydrogen-bond donors (Lipinski definition) is 5. The summed E-state index contributed by atoms with van der Waals surface area (Å²) in [7, 11) is -4.72. The minimum absolute atomic E-state index is 0.142. The Morgan fingerprint density at radius 3 is 2.74 bits per heavy atom. The normalized spacial score (nSPS) is 28.5. The molecular formula is C10H14N5O7P. The molecule has 126 valence electrons. The lowest BCUT2D eigenvalue weighted by molar-refractivity contribution is -0.0504. The standard InChI is InChI=1S/C10H14N5O7P/c11-8-5-9(13-2-12-8)15(3-14-5)10-7(17)6(16)4(22-10)1-21-23(18,19)20/h2-4,6-7,10,16-17H,1H2,(H2,11,12,13)(H2,18,19,20)/t4-,6+,7+,10-/m0/s1. The van der Waals surface area contributed by atoms with Crippen LogP contribution < -0.4 is 5.73 Å². The van der Waals surface area contributed by atoms with Crippen molar-refractivity contribution in [3.63, 3.8) is 0 Å². The van der Waals surface area contributed by atoms with E-state index in [1.807, 2.05) is 0 Å². The van der Waals surface area contributed by atoms with E-state index in [9.17, 15) is 14.8 Å². The quantitative estimate of drug-likeness (QED) is 0.390. The van der Waals surface area contributed by atoms with E-state index < -0.39 is 39.0 Å². The second kappa shape index (κ2) is 5.76. The summed E-state index contributed by atoms with van der Waals surface area (Å²) in [6, 6.07) is 0. The number of rotatable bonds is 4. The molecular weight excluding hydrogens is 333 g/mol. The van der Waals surface area contributed by atoms with Gasteiger partial charge in [0.2, 0.25) is 0 Å². The topological polar surface area (TPSA) is 186 Å². The molecule has 0 saturated carbocycles. The van der Waals surface area contributed by atoms with Gasteiger partial charge in [0.1, 0.15) is 30.2 Å². The third-order valence-corrected chi connectivity index (χ3v) is 3.89. The predicted octanol–water partition coefficient (Wildman–Crippen LogP) is -1.86. The average Bonchev–Trinajstić information content (AvgIpc) is 3.01. The number of nitrogens with zero attached hydrogens (tertiary/aromatic N) is 4. The number of ether oxygens (including phenoxy) is 1. The van der Waals surface area contributed by atoms with Crippen molar-refractivity contribution in [3.8, 4) is 0 Å². The SMILES string of the molecule is Nc1ncnc2c1ncn2[C@H]1O[C@@H](COP(=O)(O)O)[C@@H](O)[C@H]1O. The summed E-state index contributed by atoms with van der Waals surface area (Å²) >= 11 is 0. The summed E-state index contributed by atoms with van der Waals surface area (Å²) in [6.45, 7) is -0.594. The number of aliphatic hydroxyl groups is 2. The number of anilines is 1. The molecule has 2 aromatic rings. The molecule has 0 aliphatic carbocycles. The Balaban J connectivity index is 1.85. The molecule has 1 aliphatic heterocycles. The third-order valence-electron chi connectivity index (χ3n) is 3.41. The van der Waals surface area contributed by atoms with Crippen molar-refractivity contribution in [1.29, 1.82) is 0 Å². The van der Waals surface area contributed by atoms with E-state index in [1.54, 1.807) is 0 Å². The molecule has 3 heterocycles. The van der Waals surface area contributed by atoms with Gasteiger partial charge in [0, 0.05) is 0 Å². The number of nitrogens with two attached hydrogens (primary N) is 1. The summed E-state index contributed by atoms with van der Waals surface area (Å²) in [5.41, 5.74) is 6.25. The zero-order chi connectivity index (χ0) is 16.8. The molecule has 1 saturated heterocycles. The number of aliphatic hydroxyl groups excluding tert-OH is 2. The Hall–Kier alpha value is -1.66. The number of aromatic nitrogens is 4. The van der Waals surface area contributed by atoms with Crippen LogP contribution in [0.1, 0.15) is 6.23 Å². The maximum absolute atomic E-state index is 10.7. The fourth-order valence-electron chi connectivity index (χ4n) is 2.32. The van der Waals surface area contributed by atoms with Crippen molar-refractivity contribution >= 4 is 24.8 Å². The second-order valence-corrected chi connectivity index (χ2v) is 6.15. The van der Waals surface area contributed by atoms with E-state index in [0.29, 0.717) is 5.52 Å². The zero-order valence-electron chi connectivity index (χ0n) is 11.5. The largest absolute Gasteiger partial charge is 0.469 e. The van der Waals surface area contributed by atoms with E-state index in [0.717, 1.165) is 0 Å². The summed E-state index contributed by atoms with van der Waals surface area (Å²) in [5, 5.41) is 20.1. The lowest BCUT2D eigenvalue weighted by atomic mass is 10.1. The van der Waals surface area contributed by atoms with E-state index >= 15 is 0 Å². The molecule has 6 N–H and O–H groups in total. The monoisotopic (exact) mass is 347 g/mol. The molecule has 12 nitrogen and oxygen atoms in total. The Morgan fingerprint density at radius 1 is 1.30 bits per heavy atom. The molecule has 0 radical (unpaired) electrons. The summed E-state index contributed by atoms with van der Waals surface area (Å²) in [6.07, 6.45) is -2.49. The average molecular weight is 347 g/mol. The Labute approximate surface area is 128 Å². The van der Waals surface area contributed by atoms with Crippen molar-refractivity contribution in [2.75, 3.05) is 12.3 Å². The van der Waals surface area contributed by atoms with Gasteiger partial charge in [0.15, 0.2) is 17.7 Å². The van der Waals surface area contributed by atoms with Gasteiger partial charge in [-0.15, -0.1) is 0 Å². The highest BCUT2D eigenvalue weighted by molar-refractivity contribution is 7.46. The van der Waals surface area contributed by atoms with Gasteiger partial charge in [0.25, 0.3) is 0 Å². The molecule has 0 spiro atoms. The highest BCUT2D eigenvalue weighted by Gasteiger charge is 2.45. The summed E-state index contributed by atoms with van der Waals surface area (Å²) < 4.78 is 21.8. The van der Waals surface area contributed by atoms with Crippen molar-refractivity contribution in [1.82, 2.24) is 19.5 Å². The molecule has 4 atom stereocenters. The first-order valence-electron chi connectivity index (χ1n) is 6.42. The van der Waals surface area contributed by atoms with Crippen LogP contribution in [0.25, 0.3) is 11.2 Å². The first-order chi connectivity index (χ1) is 10.8. The van der Waals surface area contributed by atoms with E-state index in [1.165, 1.54) is 17.2 Å². The van der Waals surface area contributed by atoms with Gasteiger partial charge in [-0.25, -0.2) is 19.5 Å². The van der Waals surface area contributed by atoms with E-state index in [-0.39, 0.29) is 11.5 Å². The third kappa shape index (κ3) is 3.05. The lowest BCUT2D eigenvalue weighted by Crippen LogP contribution is -2.33. The van der Waals surface area contributed by atoms with Crippen molar-refractivity contribution < 1.29 is 33.8 Å². The zero-order valence-corrected chi connectivity index (χ0v) is 12.4. The van der Waals surface area contributed by atoms with Crippen LogP contribution in [0, 0.1) is 0 Å². The molecule has 23 heavy (non-hydrogen) atoms. The lowest BCUT2D eigenvalue weighted by Gasteiger charge is -2.16. The van der Waals surface area contributed by atoms with Gasteiger partial charge in [-0.3, -0.25) is 9.09 Å². The number of fused-ring (bicyclic) bond motifs is 1. The fraction of sp³-hybridized carbons (Fsp3) is 0.500. The van der Waals surface area contributed by atoms with Crippen LogP contribution in [0.15, 0.2) is 12.7 Å². The van der Waals surface area contributed by atoms with Gasteiger partial charge >= 0.3 is 7.82 Å². The maximum atomic E-state index is 10.7. The van der Waals surface area contributed by atoms with Gasteiger partial charge in [-0.2, -0.15) is 0 Å². The fourth-order valence-corrected chi connectivity index (χ4v) is 2.66. The Morgan fingerprint density at radius 2 is 2.04 bits per heavy atom. The van der Waals surface area contributed by atoms with Crippen molar-refractivity contribution in [2.45, 2.75) is 24.5 Å². The predicted molar refractivity (Wildman–Crippen MR) is 73.7 cm³/mol. The Bertz CT molecular complexity index is 763. The molecule has 13 heteroatoms.